The van der Waals surface area contributed by atoms with E-state index in [1.54, 1.807) is 6.92 Å². The Morgan fingerprint density at radius 2 is 2.29 bits per heavy atom. The van der Waals surface area contributed by atoms with Crippen LogP contribution in [-0.2, 0) is 6.42 Å². The molecule has 0 spiro atoms. The predicted octanol–water partition coefficient (Wildman–Crippen LogP) is 3.32. The summed E-state index contributed by atoms with van der Waals surface area (Å²) in [5, 5.41) is 13.2. The molecule has 0 unspecified atom stereocenters. The number of para-hydroxylation sites is 1. The molecule has 0 saturated carbocycles. The molecule has 2 atom stereocenters. The van der Waals surface area contributed by atoms with Gasteiger partial charge in [-0.15, -0.1) is 0 Å². The molecule has 1 aromatic heterocycles. The molecule has 0 bridgehead atoms. The molecule has 24 heavy (non-hydrogen) atoms. The van der Waals surface area contributed by atoms with E-state index in [1.807, 2.05) is 30.1 Å². The number of halogens is 1. The standard InChI is InChI=1S/C19H20FN3O/c1-3-5-18-13(8-10-21)14-6-4-7-17(19(14)24-18)22-16-9-11-23(2)12-15(16)20/h4,6-7,15-16,22H,8-9,11-12H2,1-2H3/t15-,16-/m0/s1. The Hall–Kier alpha value is -2.50. The number of rotatable bonds is 3. The van der Waals surface area contributed by atoms with Crippen molar-refractivity contribution in [1.29, 1.82) is 5.26 Å². The van der Waals surface area contributed by atoms with Crippen molar-refractivity contribution in [2.45, 2.75) is 32.0 Å². The molecule has 0 radical (unpaired) electrons. The van der Waals surface area contributed by atoms with Crippen molar-refractivity contribution in [2.75, 3.05) is 25.5 Å². The van der Waals surface area contributed by atoms with Gasteiger partial charge in [0.2, 0.25) is 0 Å². The van der Waals surface area contributed by atoms with Crippen LogP contribution in [0.5, 0.6) is 0 Å². The van der Waals surface area contributed by atoms with Crippen molar-refractivity contribution in [3.05, 3.63) is 29.5 Å². The number of anilines is 1. The smallest absolute Gasteiger partial charge is 0.182 e. The van der Waals surface area contributed by atoms with E-state index in [-0.39, 0.29) is 12.5 Å². The molecule has 1 aliphatic heterocycles. The third-order valence-electron chi connectivity index (χ3n) is 4.40. The topological polar surface area (TPSA) is 52.2 Å². The van der Waals surface area contributed by atoms with Crippen LogP contribution in [0.2, 0.25) is 0 Å². The van der Waals surface area contributed by atoms with Crippen LogP contribution in [0.3, 0.4) is 0 Å². The third-order valence-corrected chi connectivity index (χ3v) is 4.40. The van der Waals surface area contributed by atoms with Crippen molar-refractivity contribution in [3.63, 3.8) is 0 Å². The molecular formula is C19H20FN3O. The van der Waals surface area contributed by atoms with Crippen LogP contribution < -0.4 is 5.32 Å². The maximum atomic E-state index is 14.3. The fraction of sp³-hybridized carbons (Fsp3) is 0.421. The largest absolute Gasteiger partial charge is 0.445 e. The van der Waals surface area contributed by atoms with Gasteiger partial charge >= 0.3 is 0 Å². The number of nitriles is 1. The number of likely N-dealkylation sites (tertiary alicyclic amines) is 1. The molecule has 1 aliphatic rings. The van der Waals surface area contributed by atoms with Gasteiger partial charge in [0.25, 0.3) is 0 Å². The van der Waals surface area contributed by atoms with Gasteiger partial charge in [-0.05, 0) is 32.4 Å². The average molecular weight is 325 g/mol. The van der Waals surface area contributed by atoms with Gasteiger partial charge in [-0.2, -0.15) is 5.26 Å². The minimum absolute atomic E-state index is 0.237. The number of nitrogens with one attached hydrogen (secondary N) is 1. The summed E-state index contributed by atoms with van der Waals surface area (Å²) in [5.74, 6) is 6.25. The first kappa shape index (κ1) is 16.4. The maximum Gasteiger partial charge on any atom is 0.182 e. The van der Waals surface area contributed by atoms with E-state index < -0.39 is 6.17 Å². The fourth-order valence-electron chi connectivity index (χ4n) is 3.17. The van der Waals surface area contributed by atoms with Gasteiger partial charge in [-0.3, -0.25) is 0 Å². The summed E-state index contributed by atoms with van der Waals surface area (Å²) in [5.41, 5.74) is 2.20. The summed E-state index contributed by atoms with van der Waals surface area (Å²) in [6.45, 7) is 3.02. The van der Waals surface area contributed by atoms with E-state index in [0.29, 0.717) is 17.9 Å². The lowest BCUT2D eigenvalue weighted by molar-refractivity contribution is 0.149. The number of alkyl halides is 1. The highest BCUT2D eigenvalue weighted by atomic mass is 19.1. The second kappa shape index (κ2) is 6.95. The summed E-state index contributed by atoms with van der Waals surface area (Å²) in [6, 6.07) is 7.62. The van der Waals surface area contributed by atoms with Crippen molar-refractivity contribution in [1.82, 2.24) is 4.90 Å². The van der Waals surface area contributed by atoms with Crippen molar-refractivity contribution in [2.24, 2.45) is 0 Å². The Labute approximate surface area is 141 Å². The van der Waals surface area contributed by atoms with Crippen LogP contribution in [0.25, 0.3) is 11.0 Å². The lowest BCUT2D eigenvalue weighted by Crippen LogP contribution is -2.46. The quantitative estimate of drug-likeness (QED) is 0.880. The molecule has 0 amide bonds. The van der Waals surface area contributed by atoms with Gasteiger partial charge in [-0.1, -0.05) is 18.1 Å². The third kappa shape index (κ3) is 3.09. The highest BCUT2D eigenvalue weighted by Gasteiger charge is 2.28. The summed E-state index contributed by atoms with van der Waals surface area (Å²) >= 11 is 0. The molecule has 4 nitrogen and oxygen atoms in total. The zero-order valence-electron chi connectivity index (χ0n) is 13.9. The van der Waals surface area contributed by atoms with E-state index in [4.69, 9.17) is 9.68 Å². The number of fused-ring (bicyclic) bond motifs is 1. The molecule has 124 valence electrons. The van der Waals surface area contributed by atoms with E-state index in [1.165, 1.54) is 0 Å². The van der Waals surface area contributed by atoms with Crippen molar-refractivity contribution in [3.8, 4) is 17.9 Å². The average Bonchev–Trinajstić information content (AvgIpc) is 2.90. The minimum Gasteiger partial charge on any atom is -0.445 e. The maximum absolute atomic E-state index is 14.3. The Bertz CT molecular complexity index is 840. The van der Waals surface area contributed by atoms with Crippen LogP contribution in [0.1, 0.15) is 24.7 Å². The van der Waals surface area contributed by atoms with Gasteiger partial charge in [-0.25, -0.2) is 4.39 Å². The lowest BCUT2D eigenvalue weighted by atomic mass is 10.0. The van der Waals surface area contributed by atoms with E-state index >= 15 is 0 Å². The summed E-state index contributed by atoms with van der Waals surface area (Å²) in [7, 11) is 1.93. The number of benzene rings is 1. The molecule has 1 N–H and O–H groups in total. The molecule has 1 fully saturated rings. The number of furan rings is 1. The summed E-state index contributed by atoms with van der Waals surface area (Å²) < 4.78 is 20.2. The van der Waals surface area contributed by atoms with Crippen LogP contribution in [0.15, 0.2) is 22.6 Å². The zero-order valence-corrected chi connectivity index (χ0v) is 13.9. The van der Waals surface area contributed by atoms with Gasteiger partial charge < -0.3 is 14.6 Å². The highest BCUT2D eigenvalue weighted by molar-refractivity contribution is 5.93. The highest BCUT2D eigenvalue weighted by Crippen LogP contribution is 2.32. The Morgan fingerprint density at radius 1 is 1.46 bits per heavy atom. The molecule has 0 aliphatic carbocycles. The number of hydrogen-bond donors (Lipinski definition) is 1. The normalized spacial score (nSPS) is 21.1. The first-order valence-corrected chi connectivity index (χ1v) is 8.07. The van der Waals surface area contributed by atoms with Crippen LogP contribution >= 0.6 is 0 Å². The van der Waals surface area contributed by atoms with Crippen molar-refractivity contribution >= 4 is 16.7 Å². The first-order chi connectivity index (χ1) is 11.6. The Morgan fingerprint density at radius 3 is 3.00 bits per heavy atom. The SMILES string of the molecule is CC#Cc1oc2c(N[C@H]3CCN(C)C[C@@H]3F)cccc2c1CC#N. The molecule has 1 saturated heterocycles. The monoisotopic (exact) mass is 325 g/mol. The van der Waals surface area contributed by atoms with Gasteiger partial charge in [0, 0.05) is 24.0 Å². The zero-order chi connectivity index (χ0) is 17.1. The van der Waals surface area contributed by atoms with E-state index in [2.05, 4.69) is 23.2 Å². The molecule has 1 aromatic carbocycles. The van der Waals surface area contributed by atoms with Crippen molar-refractivity contribution < 1.29 is 8.81 Å². The second-order valence-electron chi connectivity index (χ2n) is 6.12. The van der Waals surface area contributed by atoms with Gasteiger partial charge in [0.05, 0.1) is 24.2 Å². The summed E-state index contributed by atoms with van der Waals surface area (Å²) in [6.07, 6.45) is 0.0458. The molecule has 5 heteroatoms. The first-order valence-electron chi connectivity index (χ1n) is 8.07. The van der Waals surface area contributed by atoms with E-state index in [0.717, 1.165) is 29.6 Å². The number of hydrogen-bond acceptors (Lipinski definition) is 4. The molecule has 2 aromatic rings. The Balaban J connectivity index is 1.98. The van der Waals surface area contributed by atoms with Gasteiger partial charge in [0.15, 0.2) is 11.3 Å². The molecule has 3 rings (SSSR count). The number of piperidine rings is 1. The fourth-order valence-corrected chi connectivity index (χ4v) is 3.17. The lowest BCUT2D eigenvalue weighted by Gasteiger charge is -2.33. The predicted molar refractivity (Wildman–Crippen MR) is 92.5 cm³/mol. The van der Waals surface area contributed by atoms with Crippen LogP contribution in [0.4, 0.5) is 10.1 Å². The van der Waals surface area contributed by atoms with Crippen LogP contribution in [0, 0.1) is 23.2 Å². The van der Waals surface area contributed by atoms with Crippen LogP contribution in [-0.4, -0.2) is 37.3 Å². The minimum atomic E-state index is -0.928. The molecular weight excluding hydrogens is 305 g/mol. The van der Waals surface area contributed by atoms with Gasteiger partial charge in [0.1, 0.15) is 6.17 Å². The molecule has 2 heterocycles. The Kier molecular flexibility index (Phi) is 4.74. The second-order valence-corrected chi connectivity index (χ2v) is 6.12. The van der Waals surface area contributed by atoms with E-state index in [9.17, 15) is 4.39 Å². The number of nitrogens with zero attached hydrogens (tertiary/aromatic N) is 2. The summed E-state index contributed by atoms with van der Waals surface area (Å²) in [4.78, 5) is 2.00.